The predicted molar refractivity (Wildman–Crippen MR) is 196 cm³/mol. The lowest BCUT2D eigenvalue weighted by molar-refractivity contribution is -0.130. The van der Waals surface area contributed by atoms with Gasteiger partial charge in [-0.1, -0.05) is 30.3 Å². The highest BCUT2D eigenvalue weighted by Gasteiger charge is 2.30. The number of anilines is 1. The molecule has 0 aliphatic heterocycles. The third kappa shape index (κ3) is 9.64. The van der Waals surface area contributed by atoms with Crippen molar-refractivity contribution in [3.63, 3.8) is 0 Å². The van der Waals surface area contributed by atoms with Crippen LogP contribution in [0.25, 0.3) is 22.0 Å². The number of alkyl carbamates (subject to hydrolysis) is 1. The van der Waals surface area contributed by atoms with E-state index in [1.54, 1.807) is 36.4 Å². The summed E-state index contributed by atoms with van der Waals surface area (Å²) in [5.74, 6) is -0.666. The Hall–Kier alpha value is -4.95. The number of carbonyl (C=O) groups excluding carboxylic acids is 3. The first-order chi connectivity index (χ1) is 24.1. The lowest BCUT2D eigenvalue weighted by Gasteiger charge is -2.29. The lowest BCUT2D eigenvalue weighted by atomic mass is 9.81. The van der Waals surface area contributed by atoms with Gasteiger partial charge in [0.2, 0.25) is 21.8 Å². The van der Waals surface area contributed by atoms with Gasteiger partial charge in [-0.2, -0.15) is 0 Å². The number of hydrogen-bond donors (Lipinski definition) is 6. The van der Waals surface area contributed by atoms with Crippen molar-refractivity contribution < 1.29 is 27.5 Å². The molecule has 51 heavy (non-hydrogen) atoms. The van der Waals surface area contributed by atoms with Crippen molar-refractivity contribution in [3.05, 3.63) is 82.1 Å². The maximum absolute atomic E-state index is 13.7. The zero-order valence-electron chi connectivity index (χ0n) is 29.5. The zero-order valence-corrected chi connectivity index (χ0v) is 30.3. The van der Waals surface area contributed by atoms with Crippen molar-refractivity contribution in [1.29, 1.82) is 0 Å². The summed E-state index contributed by atoms with van der Waals surface area (Å²) >= 11 is 0. The Kier molecular flexibility index (Phi) is 11.4. The number of aromatic nitrogens is 2. The Morgan fingerprint density at radius 3 is 2.29 bits per heavy atom. The van der Waals surface area contributed by atoms with Gasteiger partial charge >= 0.3 is 6.09 Å². The third-order valence-corrected chi connectivity index (χ3v) is 10.5. The summed E-state index contributed by atoms with van der Waals surface area (Å²) in [5.41, 5.74) is 3.52. The number of nitrogens with one attached hydrogen (secondary N) is 6. The molecule has 0 radical (unpaired) electrons. The summed E-state index contributed by atoms with van der Waals surface area (Å²) < 4.78 is 32.2. The zero-order chi connectivity index (χ0) is 36.9. The van der Waals surface area contributed by atoms with Crippen LogP contribution in [0.5, 0.6) is 0 Å². The summed E-state index contributed by atoms with van der Waals surface area (Å²) in [6.45, 7) is 7.75. The first-order valence-corrected chi connectivity index (χ1v) is 18.5. The van der Waals surface area contributed by atoms with Gasteiger partial charge in [-0.05, 0) is 119 Å². The third-order valence-electron chi connectivity index (χ3n) is 9.11. The van der Waals surface area contributed by atoms with Crippen LogP contribution >= 0.6 is 0 Å². The van der Waals surface area contributed by atoms with Crippen LogP contribution < -0.4 is 26.2 Å². The highest BCUT2D eigenvalue weighted by Crippen LogP contribution is 2.30. The highest BCUT2D eigenvalue weighted by molar-refractivity contribution is 7.89. The monoisotopic (exact) mass is 718 g/mol. The molecule has 6 N–H and O–H groups in total. The molecule has 3 aromatic carbocycles. The molecule has 13 nitrogen and oxygen atoms in total. The summed E-state index contributed by atoms with van der Waals surface area (Å²) in [5, 5.41) is 14.5. The second-order valence-corrected chi connectivity index (χ2v) is 16.0. The number of H-pyrrole nitrogens is 2. The SMILES string of the molecule is CNS(=O)(=O)c1ccc(-c2ccc(C[C@H](NC(=O)[C@H]3CC[C@H](CNC(=O)OC(C)(C)C)CC3)C(=O)Nc3ccc4c(=O)[nH][nH]c4c3)cc2)c(C)c1. The molecule has 0 unspecified atom stereocenters. The molecule has 1 aliphatic carbocycles. The van der Waals surface area contributed by atoms with Gasteiger partial charge in [0.05, 0.1) is 15.8 Å². The van der Waals surface area contributed by atoms with Crippen molar-refractivity contribution in [3.8, 4) is 11.1 Å². The number of carbonyl (C=O) groups is 3. The molecule has 3 amide bonds. The molecule has 0 spiro atoms. The molecule has 4 aromatic rings. The largest absolute Gasteiger partial charge is 0.444 e. The van der Waals surface area contributed by atoms with Gasteiger partial charge in [-0.3, -0.25) is 24.6 Å². The first-order valence-electron chi connectivity index (χ1n) is 17.0. The van der Waals surface area contributed by atoms with Crippen LogP contribution in [-0.4, -0.2) is 61.8 Å². The van der Waals surface area contributed by atoms with Gasteiger partial charge in [0.25, 0.3) is 5.56 Å². The Morgan fingerprint density at radius 2 is 1.65 bits per heavy atom. The van der Waals surface area contributed by atoms with Crippen molar-refractivity contribution in [1.82, 2.24) is 25.6 Å². The number of fused-ring (bicyclic) bond motifs is 1. The summed E-state index contributed by atoms with van der Waals surface area (Å²) in [6.07, 6.45) is 2.51. The molecule has 1 atom stereocenters. The minimum Gasteiger partial charge on any atom is -0.444 e. The van der Waals surface area contributed by atoms with Gasteiger partial charge in [0.15, 0.2) is 0 Å². The van der Waals surface area contributed by atoms with E-state index in [-0.39, 0.29) is 34.6 Å². The van der Waals surface area contributed by atoms with Crippen LogP contribution in [0.3, 0.4) is 0 Å². The molecule has 1 aliphatic rings. The molecule has 5 rings (SSSR count). The quantitative estimate of drug-likeness (QED) is 0.129. The van der Waals surface area contributed by atoms with Crippen LogP contribution in [0.1, 0.15) is 57.6 Å². The molecule has 14 heteroatoms. The number of aryl methyl sites for hydroxylation is 1. The van der Waals surface area contributed by atoms with Crippen LogP contribution in [0.4, 0.5) is 10.5 Å². The van der Waals surface area contributed by atoms with Gasteiger partial charge in [-0.25, -0.2) is 17.9 Å². The van der Waals surface area contributed by atoms with Crippen LogP contribution in [0, 0.1) is 18.8 Å². The first kappa shape index (κ1) is 37.3. The number of hydrogen-bond acceptors (Lipinski definition) is 7. The van der Waals surface area contributed by atoms with Crippen LogP contribution in [0.2, 0.25) is 0 Å². The second-order valence-electron chi connectivity index (χ2n) is 14.1. The number of benzene rings is 3. The van der Waals surface area contributed by atoms with E-state index in [2.05, 4.69) is 30.9 Å². The number of sulfonamides is 1. The minimum atomic E-state index is -3.57. The Balaban J connectivity index is 1.27. The molecule has 1 saturated carbocycles. The standard InChI is InChI=1S/C37H46N6O7S/c1-22-18-28(51(48,49)38-5)15-17-29(22)25-10-6-23(7-11-25)19-32(35(46)40-27-14-16-30-31(20-27)42-43-34(30)45)41-33(44)26-12-8-24(9-13-26)21-39-36(47)50-37(2,3)4/h6-7,10-11,14-18,20,24,26,32,38H,8-9,12-13,19,21H2,1-5H3,(H,39,47)(H,40,46)(H,41,44)(H2,42,43,45)/t24-,26-,32-/m0/s1. The second kappa shape index (κ2) is 15.5. The fourth-order valence-corrected chi connectivity index (χ4v) is 7.13. The van der Waals surface area contributed by atoms with Crippen molar-refractivity contribution in [2.24, 2.45) is 11.8 Å². The topological polar surface area (TPSA) is 191 Å². The van der Waals surface area contributed by atoms with E-state index < -0.39 is 33.7 Å². The number of rotatable bonds is 11. The fourth-order valence-electron chi connectivity index (χ4n) is 6.31. The van der Waals surface area contributed by atoms with Crippen molar-refractivity contribution >= 4 is 44.5 Å². The van der Waals surface area contributed by atoms with Crippen molar-refractivity contribution in [2.75, 3.05) is 18.9 Å². The van der Waals surface area contributed by atoms with E-state index >= 15 is 0 Å². The Morgan fingerprint density at radius 1 is 0.941 bits per heavy atom. The highest BCUT2D eigenvalue weighted by atomic mass is 32.2. The van der Waals surface area contributed by atoms with Gasteiger partial charge in [-0.15, -0.1) is 0 Å². The number of ether oxygens (including phenoxy) is 1. The lowest BCUT2D eigenvalue weighted by Crippen LogP contribution is -2.48. The predicted octanol–water partition coefficient (Wildman–Crippen LogP) is 4.74. The number of aromatic amines is 2. The van der Waals surface area contributed by atoms with Gasteiger partial charge < -0.3 is 20.7 Å². The Labute approximate surface area is 297 Å². The van der Waals surface area contributed by atoms with E-state index in [1.807, 2.05) is 52.0 Å². The molecule has 272 valence electrons. The van der Waals surface area contributed by atoms with Crippen LogP contribution in [0.15, 0.2) is 70.4 Å². The normalized spacial score (nSPS) is 17.0. The fraction of sp³-hybridized carbons (Fsp3) is 0.405. The number of amides is 3. The maximum atomic E-state index is 13.7. The van der Waals surface area contributed by atoms with E-state index in [9.17, 15) is 27.6 Å². The minimum absolute atomic E-state index is 0.181. The van der Waals surface area contributed by atoms with E-state index in [0.717, 1.165) is 35.1 Å². The summed E-state index contributed by atoms with van der Waals surface area (Å²) in [6, 6.07) is 16.5. The summed E-state index contributed by atoms with van der Waals surface area (Å²) in [4.78, 5) is 51.6. The van der Waals surface area contributed by atoms with Crippen LogP contribution in [-0.2, 0) is 30.8 Å². The average molecular weight is 719 g/mol. The van der Waals surface area contributed by atoms with Gasteiger partial charge in [0, 0.05) is 24.6 Å². The van der Waals surface area contributed by atoms with E-state index in [4.69, 9.17) is 4.74 Å². The average Bonchev–Trinajstić information content (AvgIpc) is 3.46. The molecule has 1 fully saturated rings. The van der Waals surface area contributed by atoms with Gasteiger partial charge in [0.1, 0.15) is 11.6 Å². The van der Waals surface area contributed by atoms with E-state index in [1.165, 1.54) is 7.05 Å². The molecule has 0 bridgehead atoms. The molecule has 1 aromatic heterocycles. The molecular weight excluding hydrogens is 673 g/mol. The smallest absolute Gasteiger partial charge is 0.407 e. The van der Waals surface area contributed by atoms with E-state index in [0.29, 0.717) is 36.0 Å². The molecule has 0 saturated heterocycles. The Bertz CT molecular complexity index is 2060. The summed E-state index contributed by atoms with van der Waals surface area (Å²) in [7, 11) is -2.20. The van der Waals surface area contributed by atoms with Crippen molar-refractivity contribution in [2.45, 2.75) is 76.3 Å². The maximum Gasteiger partial charge on any atom is 0.407 e. The molecular formula is C37H46N6O7S. The molecule has 1 heterocycles.